The topological polar surface area (TPSA) is 38.3 Å². The van der Waals surface area contributed by atoms with Gasteiger partial charge in [0.15, 0.2) is 0 Å². The first-order valence-electron chi connectivity index (χ1n) is 8.85. The number of carbonyl (C=O) groups is 1. The molecule has 2 aromatic carbocycles. The molecule has 2 atom stereocenters. The Labute approximate surface area is 166 Å². The van der Waals surface area contributed by atoms with Crippen LogP contribution in [0.2, 0.25) is 0 Å². The summed E-state index contributed by atoms with van der Waals surface area (Å²) in [5.74, 6) is -2.33. The van der Waals surface area contributed by atoms with Crippen LogP contribution in [0.15, 0.2) is 42.5 Å². The number of benzene rings is 2. The number of alkyl halides is 6. The summed E-state index contributed by atoms with van der Waals surface area (Å²) in [7, 11) is 0. The Kier molecular flexibility index (Phi) is 6.07. The average molecular weight is 435 g/mol. The van der Waals surface area contributed by atoms with E-state index in [1.165, 1.54) is 18.2 Å². The molecule has 3 rings (SSSR count). The molecule has 0 bridgehead atoms. The van der Waals surface area contributed by atoms with Gasteiger partial charge in [0.1, 0.15) is 5.82 Å². The highest BCUT2D eigenvalue weighted by Crippen LogP contribution is 2.37. The van der Waals surface area contributed by atoms with Gasteiger partial charge in [0.25, 0.3) is 0 Å². The largest absolute Gasteiger partial charge is 0.416 e. The molecular weight excluding hydrogens is 419 g/mol. The predicted molar refractivity (Wildman–Crippen MR) is 91.7 cm³/mol. The Bertz CT molecular complexity index is 892. The molecule has 30 heavy (non-hydrogen) atoms. The molecular formula is C20H16F7NO2. The summed E-state index contributed by atoms with van der Waals surface area (Å²) in [5.41, 5.74) is -2.95. The second-order valence-corrected chi connectivity index (χ2v) is 6.91. The molecule has 1 aliphatic heterocycles. The summed E-state index contributed by atoms with van der Waals surface area (Å²) < 4.78 is 96.9. The first kappa shape index (κ1) is 22.1. The SMILES string of the molecule is O=C1NC[C@@H](c2ccccc2F)[C@@H]1COCc1cc(C(F)(F)F)cc(C(F)(F)F)c1. The number of hydrogen-bond acceptors (Lipinski definition) is 2. The fourth-order valence-electron chi connectivity index (χ4n) is 3.37. The number of amides is 1. The fourth-order valence-corrected chi connectivity index (χ4v) is 3.37. The Balaban J connectivity index is 1.75. The van der Waals surface area contributed by atoms with Crippen LogP contribution in [-0.2, 0) is 28.5 Å². The molecule has 1 heterocycles. The van der Waals surface area contributed by atoms with Crippen molar-refractivity contribution in [2.45, 2.75) is 24.9 Å². The van der Waals surface area contributed by atoms with Crippen LogP contribution in [0.25, 0.3) is 0 Å². The molecule has 1 N–H and O–H groups in total. The van der Waals surface area contributed by atoms with E-state index in [2.05, 4.69) is 5.32 Å². The molecule has 0 unspecified atom stereocenters. The van der Waals surface area contributed by atoms with Crippen LogP contribution < -0.4 is 5.32 Å². The number of ether oxygens (including phenoxy) is 1. The van der Waals surface area contributed by atoms with E-state index in [0.717, 1.165) is 0 Å². The van der Waals surface area contributed by atoms with Gasteiger partial charge in [-0.25, -0.2) is 4.39 Å². The lowest BCUT2D eigenvalue weighted by Crippen LogP contribution is -2.24. The van der Waals surface area contributed by atoms with Crippen molar-refractivity contribution in [1.29, 1.82) is 0 Å². The minimum atomic E-state index is -4.96. The van der Waals surface area contributed by atoms with Gasteiger partial charge in [0.05, 0.1) is 30.3 Å². The Hall–Kier alpha value is -2.62. The van der Waals surface area contributed by atoms with E-state index < -0.39 is 53.6 Å². The molecule has 0 aromatic heterocycles. The van der Waals surface area contributed by atoms with E-state index in [0.29, 0.717) is 12.1 Å². The van der Waals surface area contributed by atoms with Gasteiger partial charge in [-0.05, 0) is 35.4 Å². The van der Waals surface area contributed by atoms with Crippen molar-refractivity contribution in [3.8, 4) is 0 Å². The maximum Gasteiger partial charge on any atom is 0.416 e. The molecule has 1 saturated heterocycles. The zero-order valence-electron chi connectivity index (χ0n) is 15.3. The average Bonchev–Trinajstić information content (AvgIpc) is 3.01. The van der Waals surface area contributed by atoms with Crippen molar-refractivity contribution in [1.82, 2.24) is 5.32 Å². The quantitative estimate of drug-likeness (QED) is 0.678. The molecule has 3 nitrogen and oxygen atoms in total. The molecule has 0 aliphatic carbocycles. The summed E-state index contributed by atoms with van der Waals surface area (Å²) in [4.78, 5) is 12.1. The van der Waals surface area contributed by atoms with Crippen molar-refractivity contribution in [2.24, 2.45) is 5.92 Å². The lowest BCUT2D eigenvalue weighted by Gasteiger charge is -2.18. The van der Waals surface area contributed by atoms with Crippen molar-refractivity contribution in [3.63, 3.8) is 0 Å². The Morgan fingerprint density at radius 3 is 2.13 bits per heavy atom. The number of rotatable bonds is 5. The van der Waals surface area contributed by atoms with Crippen molar-refractivity contribution in [2.75, 3.05) is 13.2 Å². The fraction of sp³-hybridized carbons (Fsp3) is 0.350. The smallest absolute Gasteiger partial charge is 0.376 e. The van der Waals surface area contributed by atoms with Crippen LogP contribution >= 0.6 is 0 Å². The van der Waals surface area contributed by atoms with Gasteiger partial charge in [-0.2, -0.15) is 26.3 Å². The number of hydrogen-bond donors (Lipinski definition) is 1. The number of halogens is 7. The van der Waals surface area contributed by atoms with Crippen LogP contribution in [0.3, 0.4) is 0 Å². The van der Waals surface area contributed by atoms with Crippen LogP contribution in [0, 0.1) is 11.7 Å². The minimum absolute atomic E-state index is 0.0299. The molecule has 1 fully saturated rings. The number of nitrogens with one attached hydrogen (secondary N) is 1. The third-order valence-electron chi connectivity index (χ3n) is 4.84. The van der Waals surface area contributed by atoms with Crippen molar-refractivity contribution < 1.29 is 40.3 Å². The van der Waals surface area contributed by atoms with Gasteiger partial charge < -0.3 is 10.1 Å². The van der Waals surface area contributed by atoms with Gasteiger partial charge in [0, 0.05) is 12.5 Å². The Morgan fingerprint density at radius 1 is 0.967 bits per heavy atom. The van der Waals surface area contributed by atoms with Crippen molar-refractivity contribution >= 4 is 5.91 Å². The third kappa shape index (κ3) is 4.92. The summed E-state index contributed by atoms with van der Waals surface area (Å²) in [6, 6.07) is 6.99. The molecule has 10 heteroatoms. The van der Waals surface area contributed by atoms with E-state index in [9.17, 15) is 35.5 Å². The van der Waals surface area contributed by atoms with Gasteiger partial charge in [-0.1, -0.05) is 18.2 Å². The van der Waals surface area contributed by atoms with Gasteiger partial charge in [0.2, 0.25) is 5.91 Å². The van der Waals surface area contributed by atoms with E-state index >= 15 is 0 Å². The first-order valence-corrected chi connectivity index (χ1v) is 8.85. The van der Waals surface area contributed by atoms with Crippen LogP contribution in [0.4, 0.5) is 30.7 Å². The van der Waals surface area contributed by atoms with Gasteiger partial charge in [-0.3, -0.25) is 4.79 Å². The molecule has 2 aromatic rings. The molecule has 0 spiro atoms. The maximum absolute atomic E-state index is 14.0. The summed E-state index contributed by atoms with van der Waals surface area (Å²) in [5, 5.41) is 2.57. The second kappa shape index (κ2) is 8.25. The highest BCUT2D eigenvalue weighted by atomic mass is 19.4. The summed E-state index contributed by atoms with van der Waals surface area (Å²) >= 11 is 0. The number of carbonyl (C=O) groups excluding carboxylic acids is 1. The molecule has 0 radical (unpaired) electrons. The maximum atomic E-state index is 14.0. The molecule has 1 amide bonds. The van der Waals surface area contributed by atoms with Crippen LogP contribution in [0.5, 0.6) is 0 Å². The zero-order valence-corrected chi connectivity index (χ0v) is 15.3. The normalized spacial score (nSPS) is 19.8. The standard InChI is InChI=1S/C20H16F7NO2/c21-17-4-2-1-3-14(17)15-8-28-18(29)16(15)10-30-9-11-5-12(19(22,23)24)7-13(6-11)20(25,26)27/h1-7,15-16H,8-10H2,(H,28,29)/t15-,16-/m0/s1. The van der Waals surface area contributed by atoms with E-state index in [4.69, 9.17) is 4.74 Å². The lowest BCUT2D eigenvalue weighted by molar-refractivity contribution is -0.143. The molecule has 162 valence electrons. The van der Waals surface area contributed by atoms with Gasteiger partial charge in [-0.15, -0.1) is 0 Å². The van der Waals surface area contributed by atoms with E-state index in [1.807, 2.05) is 0 Å². The molecule has 1 aliphatic rings. The van der Waals surface area contributed by atoms with Crippen molar-refractivity contribution in [3.05, 3.63) is 70.5 Å². The minimum Gasteiger partial charge on any atom is -0.376 e. The van der Waals surface area contributed by atoms with Crippen LogP contribution in [-0.4, -0.2) is 19.1 Å². The second-order valence-electron chi connectivity index (χ2n) is 6.91. The zero-order chi connectivity index (χ0) is 22.1. The summed E-state index contributed by atoms with van der Waals surface area (Å²) in [6.07, 6.45) is -9.92. The summed E-state index contributed by atoms with van der Waals surface area (Å²) in [6.45, 7) is -0.710. The van der Waals surface area contributed by atoms with E-state index in [1.54, 1.807) is 6.07 Å². The highest BCUT2D eigenvalue weighted by Gasteiger charge is 2.38. The highest BCUT2D eigenvalue weighted by molar-refractivity contribution is 5.82. The van der Waals surface area contributed by atoms with E-state index in [-0.39, 0.29) is 30.3 Å². The Morgan fingerprint density at radius 2 is 1.57 bits per heavy atom. The third-order valence-corrected chi connectivity index (χ3v) is 4.84. The molecule has 0 saturated carbocycles. The first-order chi connectivity index (χ1) is 14.0. The van der Waals surface area contributed by atoms with Crippen LogP contribution in [0.1, 0.15) is 28.2 Å². The predicted octanol–water partition coefficient (Wildman–Crippen LogP) is 4.91. The lowest BCUT2D eigenvalue weighted by atomic mass is 9.89. The van der Waals surface area contributed by atoms with Gasteiger partial charge >= 0.3 is 12.4 Å². The monoisotopic (exact) mass is 435 g/mol.